The van der Waals surface area contributed by atoms with Crippen molar-refractivity contribution < 1.29 is 13.9 Å². The number of anilines is 2. The van der Waals surface area contributed by atoms with Crippen molar-refractivity contribution in [3.8, 4) is 0 Å². The van der Waals surface area contributed by atoms with E-state index in [1.807, 2.05) is 6.92 Å². The molecule has 0 saturated heterocycles. The summed E-state index contributed by atoms with van der Waals surface area (Å²) in [6, 6.07) is 8.21. The average molecular weight is 299 g/mol. The number of rotatable bonds is 3. The topological polar surface area (TPSA) is 55.6 Å². The lowest BCUT2D eigenvalue weighted by atomic mass is 10.2. The molecule has 0 fully saturated rings. The number of aryl methyl sites for hydroxylation is 1. The minimum absolute atomic E-state index is 0.275. The van der Waals surface area contributed by atoms with Crippen LogP contribution in [0.5, 0.6) is 0 Å². The standard InChI is InChI=1S/C16H14FN3O2/c1-10-3-6-14(13(17)7-10)19-15-12(16(21)22-2)5-4-11-8-18-9-20(11)15/h3-9,19H,1-2H3. The van der Waals surface area contributed by atoms with Crippen LogP contribution in [0, 0.1) is 12.7 Å². The maximum atomic E-state index is 14.1. The molecule has 3 rings (SSSR count). The smallest absolute Gasteiger partial charge is 0.341 e. The van der Waals surface area contributed by atoms with Crippen molar-refractivity contribution in [2.24, 2.45) is 0 Å². The van der Waals surface area contributed by atoms with Gasteiger partial charge >= 0.3 is 5.97 Å². The van der Waals surface area contributed by atoms with E-state index in [9.17, 15) is 9.18 Å². The number of hydrogen-bond donors (Lipinski definition) is 1. The van der Waals surface area contributed by atoms with Gasteiger partial charge in [-0.05, 0) is 36.8 Å². The van der Waals surface area contributed by atoms with Crippen LogP contribution in [0.1, 0.15) is 15.9 Å². The molecule has 0 radical (unpaired) electrons. The van der Waals surface area contributed by atoms with Crippen molar-refractivity contribution in [2.45, 2.75) is 6.92 Å². The Morgan fingerprint density at radius 1 is 1.32 bits per heavy atom. The highest BCUT2D eigenvalue weighted by Gasteiger charge is 2.16. The minimum atomic E-state index is -0.509. The maximum Gasteiger partial charge on any atom is 0.341 e. The highest BCUT2D eigenvalue weighted by atomic mass is 19.1. The SMILES string of the molecule is COC(=O)c1ccc2cncn2c1Nc1ccc(C)cc1F. The van der Waals surface area contributed by atoms with E-state index in [2.05, 4.69) is 10.3 Å². The van der Waals surface area contributed by atoms with E-state index in [4.69, 9.17) is 4.74 Å². The molecule has 1 N–H and O–H groups in total. The van der Waals surface area contributed by atoms with Gasteiger partial charge in [-0.25, -0.2) is 14.2 Å². The van der Waals surface area contributed by atoms with Crippen molar-refractivity contribution in [2.75, 3.05) is 12.4 Å². The van der Waals surface area contributed by atoms with Crippen molar-refractivity contribution >= 4 is 23.0 Å². The monoisotopic (exact) mass is 299 g/mol. The molecule has 112 valence electrons. The first-order valence-corrected chi connectivity index (χ1v) is 6.66. The largest absolute Gasteiger partial charge is 0.465 e. The normalized spacial score (nSPS) is 10.7. The summed E-state index contributed by atoms with van der Waals surface area (Å²) in [6.07, 6.45) is 3.20. The van der Waals surface area contributed by atoms with Gasteiger partial charge in [-0.1, -0.05) is 6.07 Å². The van der Waals surface area contributed by atoms with Crippen LogP contribution in [-0.2, 0) is 4.74 Å². The van der Waals surface area contributed by atoms with Gasteiger partial charge in [0.2, 0.25) is 0 Å². The van der Waals surface area contributed by atoms with Gasteiger partial charge in [-0.2, -0.15) is 0 Å². The fraction of sp³-hybridized carbons (Fsp3) is 0.125. The molecule has 0 atom stereocenters. The second kappa shape index (κ2) is 5.48. The second-order valence-electron chi connectivity index (χ2n) is 4.88. The van der Waals surface area contributed by atoms with E-state index in [1.165, 1.54) is 13.2 Å². The molecule has 3 aromatic rings. The molecule has 0 spiro atoms. The lowest BCUT2D eigenvalue weighted by molar-refractivity contribution is 0.0601. The Labute approximate surface area is 126 Å². The van der Waals surface area contributed by atoms with E-state index >= 15 is 0 Å². The van der Waals surface area contributed by atoms with Crippen molar-refractivity contribution in [3.05, 3.63) is 59.8 Å². The van der Waals surface area contributed by atoms with Crippen LogP contribution in [0.3, 0.4) is 0 Å². The number of methoxy groups -OCH3 is 1. The van der Waals surface area contributed by atoms with Gasteiger partial charge in [0.15, 0.2) is 0 Å². The summed E-state index contributed by atoms with van der Waals surface area (Å²) in [7, 11) is 1.30. The first-order valence-electron chi connectivity index (χ1n) is 6.66. The van der Waals surface area contributed by atoms with Crippen LogP contribution >= 0.6 is 0 Å². The Morgan fingerprint density at radius 2 is 2.14 bits per heavy atom. The fourth-order valence-electron chi connectivity index (χ4n) is 2.24. The molecular weight excluding hydrogens is 285 g/mol. The number of nitrogens with zero attached hydrogens (tertiary/aromatic N) is 2. The number of carbonyl (C=O) groups excluding carboxylic acids is 1. The minimum Gasteiger partial charge on any atom is -0.465 e. The van der Waals surface area contributed by atoms with Gasteiger partial charge in [0, 0.05) is 0 Å². The number of pyridine rings is 1. The molecule has 6 heteroatoms. The molecule has 5 nitrogen and oxygen atoms in total. The molecule has 0 saturated carbocycles. The van der Waals surface area contributed by atoms with Crippen LogP contribution in [0.15, 0.2) is 42.9 Å². The van der Waals surface area contributed by atoms with E-state index in [1.54, 1.807) is 41.2 Å². The summed E-state index contributed by atoms with van der Waals surface area (Å²) >= 11 is 0. The molecule has 0 unspecified atom stereocenters. The highest BCUT2D eigenvalue weighted by Crippen LogP contribution is 2.25. The first-order chi connectivity index (χ1) is 10.6. The lowest BCUT2D eigenvalue weighted by Gasteiger charge is -2.14. The quantitative estimate of drug-likeness (QED) is 0.754. The van der Waals surface area contributed by atoms with E-state index in [0.29, 0.717) is 11.4 Å². The third kappa shape index (κ3) is 2.39. The Morgan fingerprint density at radius 3 is 2.86 bits per heavy atom. The fourth-order valence-corrected chi connectivity index (χ4v) is 2.24. The third-order valence-electron chi connectivity index (χ3n) is 3.37. The zero-order valence-corrected chi connectivity index (χ0v) is 12.1. The Hall–Kier alpha value is -2.89. The van der Waals surface area contributed by atoms with Crippen LogP contribution in [0.2, 0.25) is 0 Å². The summed E-state index contributed by atoms with van der Waals surface area (Å²) in [5, 5.41) is 2.96. The zero-order valence-electron chi connectivity index (χ0n) is 12.1. The maximum absolute atomic E-state index is 14.1. The molecule has 0 aliphatic heterocycles. The van der Waals surface area contributed by atoms with Gasteiger partial charge < -0.3 is 10.1 Å². The van der Waals surface area contributed by atoms with Crippen molar-refractivity contribution in [3.63, 3.8) is 0 Å². The van der Waals surface area contributed by atoms with E-state index in [-0.39, 0.29) is 5.69 Å². The Balaban J connectivity index is 2.15. The van der Waals surface area contributed by atoms with Crippen LogP contribution in [0.25, 0.3) is 5.52 Å². The summed E-state index contributed by atoms with van der Waals surface area (Å²) in [4.78, 5) is 16.0. The second-order valence-corrected chi connectivity index (χ2v) is 4.88. The third-order valence-corrected chi connectivity index (χ3v) is 3.37. The first kappa shape index (κ1) is 14.1. The molecule has 0 bridgehead atoms. The van der Waals surface area contributed by atoms with Gasteiger partial charge in [0.25, 0.3) is 0 Å². The molecule has 2 heterocycles. The highest BCUT2D eigenvalue weighted by molar-refractivity contribution is 5.96. The number of nitrogens with one attached hydrogen (secondary N) is 1. The average Bonchev–Trinajstić information content (AvgIpc) is 2.98. The number of fused-ring (bicyclic) bond motifs is 1. The molecule has 22 heavy (non-hydrogen) atoms. The molecule has 2 aromatic heterocycles. The summed E-state index contributed by atoms with van der Waals surface area (Å²) in [5.74, 6) is -0.497. The number of hydrogen-bond acceptors (Lipinski definition) is 4. The van der Waals surface area contributed by atoms with Gasteiger partial charge in [-0.3, -0.25) is 4.40 Å². The summed E-state index contributed by atoms with van der Waals surface area (Å²) in [6.45, 7) is 1.81. The molecular formula is C16H14FN3O2. The van der Waals surface area contributed by atoms with Crippen LogP contribution in [0.4, 0.5) is 15.9 Å². The Bertz CT molecular complexity index is 858. The van der Waals surface area contributed by atoms with E-state index in [0.717, 1.165) is 11.1 Å². The summed E-state index contributed by atoms with van der Waals surface area (Å²) in [5.41, 5.74) is 2.17. The number of ether oxygens (including phenoxy) is 1. The molecule has 0 aliphatic rings. The van der Waals surface area contributed by atoms with Gasteiger partial charge in [-0.15, -0.1) is 0 Å². The van der Waals surface area contributed by atoms with Crippen LogP contribution in [-0.4, -0.2) is 22.5 Å². The number of carbonyl (C=O) groups is 1. The zero-order chi connectivity index (χ0) is 15.7. The van der Waals surface area contributed by atoms with E-state index < -0.39 is 11.8 Å². The molecule has 0 aliphatic carbocycles. The number of esters is 1. The summed E-state index contributed by atoms with van der Waals surface area (Å²) < 4.78 is 20.5. The Kier molecular flexibility index (Phi) is 3.50. The van der Waals surface area contributed by atoms with Gasteiger partial charge in [0.1, 0.15) is 23.5 Å². The predicted molar refractivity (Wildman–Crippen MR) is 81.0 cm³/mol. The van der Waals surface area contributed by atoms with Crippen LogP contribution < -0.4 is 5.32 Å². The lowest BCUT2D eigenvalue weighted by Crippen LogP contribution is -2.10. The molecule has 1 aromatic carbocycles. The van der Waals surface area contributed by atoms with Crippen molar-refractivity contribution in [1.29, 1.82) is 0 Å². The number of aromatic nitrogens is 2. The number of imidazole rings is 1. The number of halogens is 1. The molecule has 0 amide bonds. The van der Waals surface area contributed by atoms with Gasteiger partial charge in [0.05, 0.1) is 24.5 Å². The number of benzene rings is 1. The van der Waals surface area contributed by atoms with Crippen molar-refractivity contribution in [1.82, 2.24) is 9.38 Å². The predicted octanol–water partition coefficient (Wildman–Crippen LogP) is 3.31.